The molecular weight excluding hydrogens is 296 g/mol. The van der Waals surface area contributed by atoms with E-state index < -0.39 is 10.0 Å². The fourth-order valence-electron chi connectivity index (χ4n) is 3.06. The van der Waals surface area contributed by atoms with E-state index >= 15 is 0 Å². The normalized spacial score (nSPS) is 17.0. The largest absolute Gasteiger partial charge is 0.371 e. The second kappa shape index (κ2) is 6.90. The molecule has 0 N–H and O–H groups in total. The van der Waals surface area contributed by atoms with Crippen LogP contribution < -0.4 is 9.21 Å². The Balaban J connectivity index is 2.13. The minimum atomic E-state index is -3.20. The van der Waals surface area contributed by atoms with Gasteiger partial charge < -0.3 is 4.90 Å². The molecule has 1 heterocycles. The number of benzene rings is 1. The molecule has 124 valence electrons. The molecule has 4 nitrogen and oxygen atoms in total. The zero-order valence-electron chi connectivity index (χ0n) is 14.1. The molecule has 1 saturated heterocycles. The van der Waals surface area contributed by atoms with Gasteiger partial charge in [0.1, 0.15) is 0 Å². The molecule has 1 aliphatic heterocycles. The number of piperidine rings is 1. The van der Waals surface area contributed by atoms with Crippen molar-refractivity contribution in [3.8, 4) is 0 Å². The number of anilines is 2. The minimum Gasteiger partial charge on any atom is -0.371 e. The number of hydrogen-bond donors (Lipinski definition) is 0. The van der Waals surface area contributed by atoms with Crippen molar-refractivity contribution in [2.24, 2.45) is 11.8 Å². The van der Waals surface area contributed by atoms with Crippen LogP contribution in [0.4, 0.5) is 11.4 Å². The number of sulfonamides is 1. The Morgan fingerprint density at radius 1 is 1.27 bits per heavy atom. The van der Waals surface area contributed by atoms with Crippen LogP contribution in [0.3, 0.4) is 0 Å². The predicted molar refractivity (Wildman–Crippen MR) is 94.1 cm³/mol. The molecule has 0 radical (unpaired) electrons. The first-order chi connectivity index (χ1) is 10.3. The van der Waals surface area contributed by atoms with E-state index in [0.717, 1.165) is 36.3 Å². The lowest BCUT2D eigenvalue weighted by Gasteiger charge is -2.35. The Morgan fingerprint density at radius 2 is 1.91 bits per heavy atom. The molecule has 1 aromatic carbocycles. The van der Waals surface area contributed by atoms with Crippen LogP contribution >= 0.6 is 0 Å². The minimum absolute atomic E-state index is 0.119. The van der Waals surface area contributed by atoms with E-state index in [9.17, 15) is 8.42 Å². The first kappa shape index (κ1) is 17.1. The molecule has 0 amide bonds. The van der Waals surface area contributed by atoms with E-state index in [-0.39, 0.29) is 5.75 Å². The van der Waals surface area contributed by atoms with Crippen LogP contribution in [0, 0.1) is 11.8 Å². The van der Waals surface area contributed by atoms with Gasteiger partial charge in [0.2, 0.25) is 10.0 Å². The van der Waals surface area contributed by atoms with E-state index in [1.165, 1.54) is 17.1 Å². The summed E-state index contributed by atoms with van der Waals surface area (Å²) in [5.41, 5.74) is 1.86. The third kappa shape index (κ3) is 3.75. The fraction of sp³-hybridized carbons (Fsp3) is 0.647. The summed E-state index contributed by atoms with van der Waals surface area (Å²) >= 11 is 0. The highest BCUT2D eigenvalue weighted by molar-refractivity contribution is 7.92. The third-order valence-corrected chi connectivity index (χ3v) is 6.60. The van der Waals surface area contributed by atoms with Gasteiger partial charge in [-0.2, -0.15) is 0 Å². The lowest BCUT2D eigenvalue weighted by molar-refractivity contribution is 0.311. The lowest BCUT2D eigenvalue weighted by atomic mass is 9.86. The Kier molecular flexibility index (Phi) is 5.37. The first-order valence-electron chi connectivity index (χ1n) is 8.16. The highest BCUT2D eigenvalue weighted by Gasteiger charge is 2.22. The average Bonchev–Trinajstić information content (AvgIpc) is 2.54. The van der Waals surface area contributed by atoms with Crippen molar-refractivity contribution >= 4 is 21.4 Å². The maximum Gasteiger partial charge on any atom is 0.234 e. The van der Waals surface area contributed by atoms with Crippen LogP contribution in [0.5, 0.6) is 0 Å². The molecule has 0 saturated carbocycles. The number of nitrogens with zero attached hydrogens (tertiary/aromatic N) is 2. The maximum atomic E-state index is 12.0. The molecule has 5 heteroatoms. The monoisotopic (exact) mass is 324 g/mol. The first-order valence-corrected chi connectivity index (χ1v) is 9.77. The zero-order chi connectivity index (χ0) is 16.3. The number of hydrogen-bond acceptors (Lipinski definition) is 3. The molecule has 2 rings (SSSR count). The topological polar surface area (TPSA) is 40.6 Å². The van der Waals surface area contributed by atoms with E-state index in [4.69, 9.17) is 0 Å². The van der Waals surface area contributed by atoms with Gasteiger partial charge in [-0.05, 0) is 49.8 Å². The van der Waals surface area contributed by atoms with Gasteiger partial charge in [-0.25, -0.2) is 8.42 Å². The molecule has 0 atom stereocenters. The third-order valence-electron chi connectivity index (χ3n) is 4.82. The van der Waals surface area contributed by atoms with Crippen molar-refractivity contribution in [1.82, 2.24) is 0 Å². The summed E-state index contributed by atoms with van der Waals surface area (Å²) in [6.07, 6.45) is 2.43. The average molecular weight is 324 g/mol. The van der Waals surface area contributed by atoms with Gasteiger partial charge in [0, 0.05) is 25.8 Å². The maximum absolute atomic E-state index is 12.0. The standard InChI is InChI=1S/C17H28N2O2S/c1-5-22(20,21)18(4)16-7-6-8-17(13-16)19-11-9-15(10-12-19)14(2)3/h6-8,13-15H,5,9-12H2,1-4H3. The van der Waals surface area contributed by atoms with Crippen molar-refractivity contribution in [2.45, 2.75) is 33.6 Å². The molecular formula is C17H28N2O2S. The van der Waals surface area contributed by atoms with Gasteiger partial charge >= 0.3 is 0 Å². The van der Waals surface area contributed by atoms with Crippen LogP contribution in [0.2, 0.25) is 0 Å². The van der Waals surface area contributed by atoms with Crippen molar-refractivity contribution in [3.63, 3.8) is 0 Å². The summed E-state index contributed by atoms with van der Waals surface area (Å²) in [5, 5.41) is 0. The van der Waals surface area contributed by atoms with Crippen molar-refractivity contribution in [2.75, 3.05) is 35.1 Å². The summed E-state index contributed by atoms with van der Waals surface area (Å²) in [7, 11) is -1.58. The molecule has 1 fully saturated rings. The van der Waals surface area contributed by atoms with Gasteiger partial charge in [0.05, 0.1) is 11.4 Å². The van der Waals surface area contributed by atoms with Crippen LogP contribution in [-0.2, 0) is 10.0 Å². The fourth-order valence-corrected chi connectivity index (χ4v) is 3.89. The second-order valence-electron chi connectivity index (χ2n) is 6.46. The second-order valence-corrected chi connectivity index (χ2v) is 8.75. The van der Waals surface area contributed by atoms with Crippen molar-refractivity contribution < 1.29 is 8.42 Å². The summed E-state index contributed by atoms with van der Waals surface area (Å²) < 4.78 is 25.4. The molecule has 1 aromatic rings. The zero-order valence-corrected chi connectivity index (χ0v) is 14.9. The van der Waals surface area contributed by atoms with Gasteiger partial charge in [-0.3, -0.25) is 4.31 Å². The van der Waals surface area contributed by atoms with Crippen molar-refractivity contribution in [3.05, 3.63) is 24.3 Å². The van der Waals surface area contributed by atoms with E-state index in [1.54, 1.807) is 14.0 Å². The molecule has 0 aromatic heterocycles. The molecule has 22 heavy (non-hydrogen) atoms. The molecule has 0 spiro atoms. The summed E-state index contributed by atoms with van der Waals surface area (Å²) in [5.74, 6) is 1.67. The van der Waals surface area contributed by atoms with Crippen LogP contribution in [0.25, 0.3) is 0 Å². The Hall–Kier alpha value is -1.23. The van der Waals surface area contributed by atoms with Crippen LogP contribution in [0.1, 0.15) is 33.6 Å². The SMILES string of the molecule is CCS(=O)(=O)N(C)c1cccc(N2CCC(C(C)C)CC2)c1. The summed E-state index contributed by atoms with van der Waals surface area (Å²) in [6.45, 7) is 8.37. The predicted octanol–water partition coefficient (Wildman–Crippen LogP) is 3.34. The van der Waals surface area contributed by atoms with E-state index in [0.29, 0.717) is 0 Å². The molecule has 0 bridgehead atoms. The van der Waals surface area contributed by atoms with Gasteiger partial charge in [-0.15, -0.1) is 0 Å². The van der Waals surface area contributed by atoms with Crippen molar-refractivity contribution in [1.29, 1.82) is 0 Å². The molecule has 0 aliphatic carbocycles. The smallest absolute Gasteiger partial charge is 0.234 e. The molecule has 1 aliphatic rings. The summed E-state index contributed by atoms with van der Waals surface area (Å²) in [6, 6.07) is 7.87. The van der Waals surface area contributed by atoms with E-state index in [2.05, 4.69) is 24.8 Å². The highest BCUT2D eigenvalue weighted by atomic mass is 32.2. The van der Waals surface area contributed by atoms with Gasteiger partial charge in [0.15, 0.2) is 0 Å². The Morgan fingerprint density at radius 3 is 2.45 bits per heavy atom. The summed E-state index contributed by atoms with van der Waals surface area (Å²) in [4.78, 5) is 2.37. The highest BCUT2D eigenvalue weighted by Crippen LogP contribution is 2.30. The Labute approximate surface area is 135 Å². The van der Waals surface area contributed by atoms with E-state index in [1.807, 2.05) is 18.2 Å². The lowest BCUT2D eigenvalue weighted by Crippen LogP contribution is -2.35. The van der Waals surface area contributed by atoms with Gasteiger partial charge in [0.25, 0.3) is 0 Å². The van der Waals surface area contributed by atoms with Gasteiger partial charge in [-0.1, -0.05) is 19.9 Å². The molecule has 0 unspecified atom stereocenters. The van der Waals surface area contributed by atoms with Crippen LogP contribution in [0.15, 0.2) is 24.3 Å². The Bertz CT molecular complexity index is 590. The number of rotatable bonds is 5. The van der Waals surface area contributed by atoms with Crippen LogP contribution in [-0.4, -0.2) is 34.3 Å². The quantitative estimate of drug-likeness (QED) is 0.834.